The summed E-state index contributed by atoms with van der Waals surface area (Å²) in [7, 11) is 0. The van der Waals surface area contributed by atoms with Gasteiger partial charge in [0.15, 0.2) is 0 Å². The summed E-state index contributed by atoms with van der Waals surface area (Å²) in [6.45, 7) is 0. The standard InChI is InChI=1S/C54H35NS2/c1-3-13-36(14-4-1)38-25-27-39(28-26-38)40-29-31-43(32-30-40)55(49-21-12-24-52-53(49)48-18-8-10-23-51(48)56-52)44-34-41(37-15-5-2-6-16-37)33-42(35-44)45-19-11-20-47-46-17-7-9-22-50(46)57-54(45)47/h1-35H. The van der Waals surface area contributed by atoms with Crippen LogP contribution in [0.2, 0.25) is 0 Å². The summed E-state index contributed by atoms with van der Waals surface area (Å²) in [5.74, 6) is 0. The zero-order valence-electron chi connectivity index (χ0n) is 31.0. The molecule has 0 radical (unpaired) electrons. The SMILES string of the molecule is c1ccc(-c2ccc(-c3ccc(N(c4cc(-c5ccccc5)cc(-c5cccc6c5sc5ccccc56)c4)c4cccc5sc6ccccc6c45)cc3)cc2)cc1. The summed E-state index contributed by atoms with van der Waals surface area (Å²) in [5.41, 5.74) is 13.1. The number of nitrogens with zero attached hydrogens (tertiary/aromatic N) is 1. The summed E-state index contributed by atoms with van der Waals surface area (Å²) < 4.78 is 5.20. The Morgan fingerprint density at radius 3 is 1.51 bits per heavy atom. The summed E-state index contributed by atoms with van der Waals surface area (Å²) in [5, 5.41) is 5.17. The first-order valence-corrected chi connectivity index (χ1v) is 21.0. The molecular formula is C54H35NS2. The van der Waals surface area contributed by atoms with Gasteiger partial charge in [0, 0.05) is 51.7 Å². The van der Waals surface area contributed by atoms with Crippen molar-refractivity contribution in [1.82, 2.24) is 0 Å². The van der Waals surface area contributed by atoms with Gasteiger partial charge in [0.1, 0.15) is 0 Å². The molecule has 11 aromatic rings. The molecule has 0 saturated carbocycles. The van der Waals surface area contributed by atoms with Gasteiger partial charge in [-0.25, -0.2) is 0 Å². The molecule has 0 unspecified atom stereocenters. The second-order valence-corrected chi connectivity index (χ2v) is 16.6. The summed E-state index contributed by atoms with van der Waals surface area (Å²) in [4.78, 5) is 2.48. The lowest BCUT2D eigenvalue weighted by Gasteiger charge is -2.28. The molecular weight excluding hydrogens is 727 g/mol. The maximum atomic E-state index is 2.48. The van der Waals surface area contributed by atoms with Crippen LogP contribution in [0.4, 0.5) is 17.1 Å². The van der Waals surface area contributed by atoms with Crippen LogP contribution in [0, 0.1) is 0 Å². The molecule has 11 rings (SSSR count). The van der Waals surface area contributed by atoms with E-state index in [0.29, 0.717) is 0 Å². The van der Waals surface area contributed by atoms with E-state index in [4.69, 9.17) is 0 Å². The van der Waals surface area contributed by atoms with Gasteiger partial charge in [0.05, 0.1) is 5.69 Å². The molecule has 0 aliphatic rings. The fourth-order valence-electron chi connectivity index (χ4n) is 8.33. The molecule has 0 spiro atoms. The lowest BCUT2D eigenvalue weighted by Crippen LogP contribution is -2.10. The second kappa shape index (κ2) is 14.1. The van der Waals surface area contributed by atoms with E-state index in [1.165, 1.54) is 90.5 Å². The van der Waals surface area contributed by atoms with Crippen molar-refractivity contribution in [2.45, 2.75) is 0 Å². The Morgan fingerprint density at radius 1 is 0.298 bits per heavy atom. The van der Waals surface area contributed by atoms with E-state index in [1.807, 2.05) is 22.7 Å². The Morgan fingerprint density at radius 2 is 0.807 bits per heavy atom. The smallest absolute Gasteiger partial charge is 0.0554 e. The highest BCUT2D eigenvalue weighted by Gasteiger charge is 2.21. The molecule has 0 N–H and O–H groups in total. The predicted molar refractivity (Wildman–Crippen MR) is 249 cm³/mol. The van der Waals surface area contributed by atoms with Crippen LogP contribution >= 0.6 is 22.7 Å². The van der Waals surface area contributed by atoms with Crippen molar-refractivity contribution in [3.63, 3.8) is 0 Å². The molecule has 0 atom stereocenters. The van der Waals surface area contributed by atoms with Crippen LogP contribution in [0.5, 0.6) is 0 Å². The van der Waals surface area contributed by atoms with E-state index in [9.17, 15) is 0 Å². The molecule has 268 valence electrons. The predicted octanol–water partition coefficient (Wildman–Crippen LogP) is 16.6. The lowest BCUT2D eigenvalue weighted by atomic mass is 9.96. The van der Waals surface area contributed by atoms with Crippen molar-refractivity contribution >= 4 is 80.1 Å². The molecule has 0 aliphatic carbocycles. The van der Waals surface area contributed by atoms with E-state index in [-0.39, 0.29) is 0 Å². The van der Waals surface area contributed by atoms with Crippen molar-refractivity contribution in [2.75, 3.05) is 4.90 Å². The largest absolute Gasteiger partial charge is 0.310 e. The molecule has 0 fully saturated rings. The van der Waals surface area contributed by atoms with Crippen LogP contribution in [-0.2, 0) is 0 Å². The third-order valence-electron chi connectivity index (χ3n) is 11.1. The van der Waals surface area contributed by atoms with E-state index in [1.54, 1.807) is 0 Å². The lowest BCUT2D eigenvalue weighted by molar-refractivity contribution is 1.30. The maximum absolute atomic E-state index is 2.48. The number of anilines is 3. The Labute approximate surface area is 340 Å². The minimum Gasteiger partial charge on any atom is -0.310 e. The molecule has 0 saturated heterocycles. The number of thiophene rings is 2. The number of hydrogen-bond acceptors (Lipinski definition) is 3. The number of hydrogen-bond donors (Lipinski definition) is 0. The third-order valence-corrected chi connectivity index (χ3v) is 13.4. The first-order valence-electron chi connectivity index (χ1n) is 19.3. The van der Waals surface area contributed by atoms with Gasteiger partial charge < -0.3 is 4.90 Å². The molecule has 3 heteroatoms. The van der Waals surface area contributed by atoms with Crippen molar-refractivity contribution in [3.8, 4) is 44.5 Å². The van der Waals surface area contributed by atoms with E-state index in [2.05, 4.69) is 217 Å². The fraction of sp³-hybridized carbons (Fsp3) is 0. The Bertz CT molecular complexity index is 3210. The average molecular weight is 762 g/mol. The summed E-state index contributed by atoms with van der Waals surface area (Å²) in [6, 6.07) is 77.7. The van der Waals surface area contributed by atoms with Gasteiger partial charge in [0.25, 0.3) is 0 Å². The zero-order valence-corrected chi connectivity index (χ0v) is 32.6. The van der Waals surface area contributed by atoms with Gasteiger partial charge in [-0.3, -0.25) is 0 Å². The van der Waals surface area contributed by atoms with Crippen LogP contribution in [0.25, 0.3) is 84.9 Å². The first kappa shape index (κ1) is 33.5. The second-order valence-electron chi connectivity index (χ2n) is 14.5. The van der Waals surface area contributed by atoms with E-state index in [0.717, 1.165) is 11.4 Å². The number of benzene rings is 9. The quantitative estimate of drug-likeness (QED) is 0.156. The minimum atomic E-state index is 1.11. The number of fused-ring (bicyclic) bond motifs is 6. The monoisotopic (exact) mass is 761 g/mol. The summed E-state index contributed by atoms with van der Waals surface area (Å²) >= 11 is 3.74. The molecule has 1 nitrogen and oxygen atoms in total. The van der Waals surface area contributed by atoms with Crippen LogP contribution in [0.3, 0.4) is 0 Å². The molecule has 0 bridgehead atoms. The van der Waals surface area contributed by atoms with Crippen molar-refractivity contribution in [3.05, 3.63) is 212 Å². The van der Waals surface area contributed by atoms with Crippen LogP contribution in [-0.4, -0.2) is 0 Å². The maximum Gasteiger partial charge on any atom is 0.0554 e. The molecule has 9 aromatic carbocycles. The van der Waals surface area contributed by atoms with Crippen molar-refractivity contribution in [2.24, 2.45) is 0 Å². The zero-order chi connectivity index (χ0) is 37.7. The van der Waals surface area contributed by atoms with Gasteiger partial charge in [-0.1, -0.05) is 158 Å². The highest BCUT2D eigenvalue weighted by atomic mass is 32.1. The molecule has 0 amide bonds. The van der Waals surface area contributed by atoms with Crippen LogP contribution in [0.1, 0.15) is 0 Å². The van der Waals surface area contributed by atoms with Crippen LogP contribution < -0.4 is 4.90 Å². The highest BCUT2D eigenvalue weighted by Crippen LogP contribution is 2.48. The Kier molecular flexibility index (Phi) is 8.28. The first-order chi connectivity index (χ1) is 28.2. The topological polar surface area (TPSA) is 3.24 Å². The van der Waals surface area contributed by atoms with Gasteiger partial charge in [-0.2, -0.15) is 0 Å². The van der Waals surface area contributed by atoms with Gasteiger partial charge in [0.2, 0.25) is 0 Å². The van der Waals surface area contributed by atoms with Gasteiger partial charge in [-0.05, 0) is 99.1 Å². The third kappa shape index (κ3) is 6.00. The highest BCUT2D eigenvalue weighted by molar-refractivity contribution is 7.26. The minimum absolute atomic E-state index is 1.11. The Balaban J connectivity index is 1.12. The van der Waals surface area contributed by atoms with Crippen LogP contribution in [0.15, 0.2) is 212 Å². The molecule has 57 heavy (non-hydrogen) atoms. The van der Waals surface area contributed by atoms with Gasteiger partial charge in [-0.15, -0.1) is 22.7 Å². The van der Waals surface area contributed by atoms with Crippen molar-refractivity contribution in [1.29, 1.82) is 0 Å². The molecule has 0 aliphatic heterocycles. The molecule has 2 aromatic heterocycles. The van der Waals surface area contributed by atoms with Crippen molar-refractivity contribution < 1.29 is 0 Å². The Hall–Kier alpha value is -6.78. The average Bonchev–Trinajstić information content (AvgIpc) is 3.87. The summed E-state index contributed by atoms with van der Waals surface area (Å²) in [6.07, 6.45) is 0. The van der Waals surface area contributed by atoms with Gasteiger partial charge >= 0.3 is 0 Å². The number of rotatable bonds is 7. The van der Waals surface area contributed by atoms with E-state index < -0.39 is 0 Å². The normalized spacial score (nSPS) is 11.5. The fourth-order valence-corrected chi connectivity index (χ4v) is 10.7. The van der Waals surface area contributed by atoms with E-state index >= 15 is 0 Å². The molecule has 2 heterocycles.